The van der Waals surface area contributed by atoms with Crippen molar-refractivity contribution >= 4 is 70.6 Å². The number of phosphoric ester groups is 1. The monoisotopic (exact) mass is 684 g/mol. The highest BCUT2D eigenvalue weighted by molar-refractivity contribution is 7.46. The van der Waals surface area contributed by atoms with E-state index in [-0.39, 0.29) is 53.5 Å². The highest BCUT2D eigenvalue weighted by Gasteiger charge is 2.42. The first-order valence-corrected chi connectivity index (χ1v) is 17.7. The molecule has 3 aromatic rings. The lowest BCUT2D eigenvalue weighted by molar-refractivity contribution is 0.0820. The number of carbonyl (C=O) groups excluding carboxylic acids is 2. The number of phosphoric acid groups is 1. The smallest absolute Gasteiger partial charge is 0.508 e. The lowest BCUT2D eigenvalue weighted by atomic mass is 9.76. The Morgan fingerprint density at radius 3 is 2.33 bits per heavy atom. The molecule has 0 saturated carbocycles. The van der Waals surface area contributed by atoms with E-state index in [1.165, 1.54) is 11.0 Å². The Bertz CT molecular complexity index is 1940. The van der Waals surface area contributed by atoms with Gasteiger partial charge in [0.2, 0.25) is 0 Å². The van der Waals surface area contributed by atoms with Gasteiger partial charge in [-0.1, -0.05) is 42.5 Å². The van der Waals surface area contributed by atoms with E-state index in [1.54, 1.807) is 41.3 Å². The summed E-state index contributed by atoms with van der Waals surface area (Å²) < 4.78 is 16.8. The number of hydrogen-bond acceptors (Lipinski definition) is 6. The topological polar surface area (TPSA) is 128 Å². The second-order valence-electron chi connectivity index (χ2n) is 11.3. The molecule has 13 heteroatoms. The normalized spacial score (nSPS) is 22.3. The van der Waals surface area contributed by atoms with E-state index in [4.69, 9.17) is 27.7 Å². The van der Waals surface area contributed by atoms with Crippen LogP contribution in [0.25, 0.3) is 10.8 Å². The SMILES string of the molecule is O=C(c1ccc(C(=O)N2CC(CCl)c3c2cc(OP(=O)(O)O)c2ccccc32)s1)N1CC(CCl)C2=C1C=C(O)C1=CC=CCC12. The third-order valence-electron chi connectivity index (χ3n) is 8.77. The number of nitrogens with zero attached hydrogens (tertiary/aromatic N) is 2. The van der Waals surface area contributed by atoms with Gasteiger partial charge in [0.15, 0.2) is 0 Å². The van der Waals surface area contributed by atoms with Crippen LogP contribution in [0.4, 0.5) is 5.69 Å². The Hall–Kier alpha value is -3.37. The van der Waals surface area contributed by atoms with E-state index in [0.29, 0.717) is 50.8 Å². The molecule has 2 amide bonds. The Labute approximate surface area is 272 Å². The molecule has 2 aliphatic heterocycles. The van der Waals surface area contributed by atoms with E-state index >= 15 is 0 Å². The maximum absolute atomic E-state index is 14.0. The Balaban J connectivity index is 1.21. The molecule has 2 aliphatic carbocycles. The van der Waals surface area contributed by atoms with Crippen LogP contribution in [0, 0.1) is 11.8 Å². The van der Waals surface area contributed by atoms with Gasteiger partial charge in [-0.05, 0) is 35.1 Å². The summed E-state index contributed by atoms with van der Waals surface area (Å²) in [6.45, 7) is 0.621. The Morgan fingerprint density at radius 2 is 1.64 bits per heavy atom. The second-order valence-corrected chi connectivity index (χ2v) is 14.2. The zero-order valence-corrected chi connectivity index (χ0v) is 26.8. The number of carbonyl (C=O) groups is 2. The zero-order chi connectivity index (χ0) is 31.6. The highest BCUT2D eigenvalue weighted by atomic mass is 35.5. The largest absolute Gasteiger partial charge is 0.524 e. The fourth-order valence-electron chi connectivity index (χ4n) is 6.90. The molecule has 3 heterocycles. The number of fused-ring (bicyclic) bond motifs is 5. The number of aliphatic hydroxyl groups excluding tert-OH is 1. The van der Waals surface area contributed by atoms with E-state index in [2.05, 4.69) is 0 Å². The molecule has 3 atom stereocenters. The van der Waals surface area contributed by atoms with E-state index in [9.17, 15) is 29.0 Å². The number of halogens is 2. The predicted molar refractivity (Wildman–Crippen MR) is 174 cm³/mol. The molecule has 3 unspecified atom stereocenters. The molecule has 45 heavy (non-hydrogen) atoms. The van der Waals surface area contributed by atoms with Crippen molar-refractivity contribution in [2.45, 2.75) is 12.3 Å². The third kappa shape index (κ3) is 5.14. The van der Waals surface area contributed by atoms with Crippen LogP contribution in [0.3, 0.4) is 0 Å². The van der Waals surface area contributed by atoms with Gasteiger partial charge in [-0.3, -0.25) is 19.4 Å². The zero-order valence-electron chi connectivity index (χ0n) is 23.6. The van der Waals surface area contributed by atoms with Crippen molar-refractivity contribution in [1.82, 2.24) is 4.90 Å². The van der Waals surface area contributed by atoms with Gasteiger partial charge in [-0.2, -0.15) is 0 Å². The summed E-state index contributed by atoms with van der Waals surface area (Å²) >= 11 is 13.8. The van der Waals surface area contributed by atoms with Crippen LogP contribution < -0.4 is 9.42 Å². The first kappa shape index (κ1) is 30.3. The first-order valence-electron chi connectivity index (χ1n) is 14.3. The number of thiophene rings is 1. The maximum Gasteiger partial charge on any atom is 0.524 e. The molecule has 0 bridgehead atoms. The van der Waals surface area contributed by atoms with Gasteiger partial charge in [-0.15, -0.1) is 34.5 Å². The first-order chi connectivity index (χ1) is 21.6. The molecule has 4 aliphatic rings. The lowest BCUT2D eigenvalue weighted by Crippen LogP contribution is -2.30. The van der Waals surface area contributed by atoms with Crippen LogP contribution in [0.1, 0.15) is 37.2 Å². The molecule has 9 nitrogen and oxygen atoms in total. The van der Waals surface area contributed by atoms with Gasteiger partial charge in [0.05, 0.1) is 15.4 Å². The third-order valence-corrected chi connectivity index (χ3v) is 11.0. The van der Waals surface area contributed by atoms with Crippen LogP contribution in [-0.2, 0) is 4.57 Å². The average molecular weight is 686 g/mol. The number of alkyl halides is 2. The number of rotatable bonds is 6. The van der Waals surface area contributed by atoms with Crippen LogP contribution >= 0.6 is 42.4 Å². The van der Waals surface area contributed by atoms with Crippen LogP contribution in [0.2, 0.25) is 0 Å². The van der Waals surface area contributed by atoms with Crippen molar-refractivity contribution in [2.24, 2.45) is 11.8 Å². The lowest BCUT2D eigenvalue weighted by Gasteiger charge is -2.29. The minimum Gasteiger partial charge on any atom is -0.508 e. The minimum absolute atomic E-state index is 0.0438. The standard InChI is InChI=1S/C32H27Cl2N2O7PS/c33-13-17-15-35(23-11-25(37)19-5-1-3-7-21(19)29(17)23)31(38)27-9-10-28(45-27)32(39)36-16-18(14-34)30-22-8-4-2-6-20(22)26(12-24(30)36)43-44(40,41)42/h1-6,8-12,17-18,21,37H,7,13-16H2,(H2,40,41,42). The predicted octanol–water partition coefficient (Wildman–Crippen LogP) is 6.88. The summed E-state index contributed by atoms with van der Waals surface area (Å²) in [5, 5.41) is 12.0. The van der Waals surface area contributed by atoms with Gasteiger partial charge >= 0.3 is 7.82 Å². The number of aliphatic hydroxyl groups is 1. The maximum atomic E-state index is 14.0. The van der Waals surface area contributed by atoms with Crippen molar-refractivity contribution in [3.8, 4) is 5.75 Å². The molecule has 7 rings (SSSR count). The highest BCUT2D eigenvalue weighted by Crippen LogP contribution is 2.50. The molecule has 2 aromatic carbocycles. The molecular weight excluding hydrogens is 658 g/mol. The van der Waals surface area contributed by atoms with Crippen LogP contribution in [0.5, 0.6) is 5.75 Å². The summed E-state index contributed by atoms with van der Waals surface area (Å²) in [5.41, 5.74) is 3.76. The summed E-state index contributed by atoms with van der Waals surface area (Å²) in [5.74, 6) is -0.365. The molecular formula is C32H27Cl2N2O7PS. The molecule has 0 spiro atoms. The number of hydrogen-bond donors (Lipinski definition) is 3. The summed E-state index contributed by atoms with van der Waals surface area (Å²) in [6.07, 6.45) is 8.20. The Morgan fingerprint density at radius 1 is 0.978 bits per heavy atom. The molecule has 3 N–H and O–H groups in total. The summed E-state index contributed by atoms with van der Waals surface area (Å²) in [4.78, 5) is 50.9. The van der Waals surface area contributed by atoms with Gasteiger partial charge < -0.3 is 19.4 Å². The van der Waals surface area contributed by atoms with E-state index < -0.39 is 7.82 Å². The fraction of sp³-hybridized carbons (Fsp3) is 0.250. The number of anilines is 1. The van der Waals surface area contributed by atoms with Gasteiger partial charge in [0.1, 0.15) is 11.5 Å². The molecule has 0 saturated heterocycles. The molecule has 232 valence electrons. The van der Waals surface area contributed by atoms with Crippen LogP contribution in [0.15, 0.2) is 89.4 Å². The van der Waals surface area contributed by atoms with E-state index in [1.807, 2.05) is 24.3 Å². The quantitative estimate of drug-likeness (QED) is 0.191. The summed E-state index contributed by atoms with van der Waals surface area (Å²) in [6, 6.07) is 11.7. The van der Waals surface area contributed by atoms with E-state index in [0.717, 1.165) is 28.0 Å². The van der Waals surface area contributed by atoms with Gasteiger partial charge in [0, 0.05) is 71.4 Å². The molecule has 0 fully saturated rings. The van der Waals surface area contributed by atoms with Crippen molar-refractivity contribution in [2.75, 3.05) is 29.7 Å². The Kier molecular flexibility index (Phi) is 7.71. The fourth-order valence-corrected chi connectivity index (χ4v) is 8.73. The molecule has 1 aromatic heterocycles. The van der Waals surface area contributed by atoms with Crippen molar-refractivity contribution in [3.63, 3.8) is 0 Å². The van der Waals surface area contributed by atoms with Crippen molar-refractivity contribution < 1.29 is 33.6 Å². The summed E-state index contributed by atoms with van der Waals surface area (Å²) in [7, 11) is -4.90. The number of allylic oxidation sites excluding steroid dienone is 5. The second kappa shape index (κ2) is 11.5. The van der Waals surface area contributed by atoms with Crippen molar-refractivity contribution in [1.29, 1.82) is 0 Å². The molecule has 0 radical (unpaired) electrons. The minimum atomic E-state index is -4.90. The van der Waals surface area contributed by atoms with Crippen molar-refractivity contribution in [3.05, 3.63) is 105 Å². The van der Waals surface area contributed by atoms with Gasteiger partial charge in [-0.25, -0.2) is 4.57 Å². The number of benzene rings is 2. The number of amides is 2. The van der Waals surface area contributed by atoms with Gasteiger partial charge in [0.25, 0.3) is 11.8 Å². The van der Waals surface area contributed by atoms with Crippen LogP contribution in [-0.4, -0.2) is 56.5 Å². The average Bonchev–Trinajstić information content (AvgIpc) is 3.76.